The summed E-state index contributed by atoms with van der Waals surface area (Å²) >= 11 is 5.71. The molecule has 1 rings (SSSR count). The third-order valence-corrected chi connectivity index (χ3v) is 1.96. The minimum Gasteiger partial charge on any atom is -0.381 e. The van der Waals surface area contributed by atoms with Gasteiger partial charge < -0.3 is 10.1 Å². The molecule has 0 saturated heterocycles. The van der Waals surface area contributed by atoms with E-state index in [1.807, 2.05) is 0 Å². The predicted molar refractivity (Wildman–Crippen MR) is 61.3 cm³/mol. The van der Waals surface area contributed by atoms with Crippen LogP contribution < -0.4 is 5.32 Å². The number of rotatable bonds is 7. The van der Waals surface area contributed by atoms with Crippen LogP contribution in [-0.4, -0.2) is 29.7 Å². The molecule has 0 atom stereocenters. The van der Waals surface area contributed by atoms with E-state index in [2.05, 4.69) is 22.2 Å². The van der Waals surface area contributed by atoms with Crippen molar-refractivity contribution in [3.05, 3.63) is 17.5 Å². The Balaban J connectivity index is 2.10. The van der Waals surface area contributed by atoms with Gasteiger partial charge in [0.25, 0.3) is 0 Å². The fraction of sp³-hybridized carbons (Fsp3) is 0.600. The molecule has 0 amide bonds. The Morgan fingerprint density at radius 3 is 3.00 bits per heavy atom. The summed E-state index contributed by atoms with van der Waals surface area (Å²) in [6, 6.07) is 1.70. The van der Waals surface area contributed by atoms with Crippen molar-refractivity contribution in [1.29, 1.82) is 0 Å². The van der Waals surface area contributed by atoms with E-state index < -0.39 is 0 Å². The minimum atomic E-state index is 0.453. The van der Waals surface area contributed by atoms with Crippen molar-refractivity contribution in [2.45, 2.75) is 19.8 Å². The fourth-order valence-corrected chi connectivity index (χ4v) is 1.21. The number of ether oxygens (including phenoxy) is 1. The van der Waals surface area contributed by atoms with Crippen LogP contribution in [0.25, 0.3) is 0 Å². The predicted octanol–water partition coefficient (Wildman–Crippen LogP) is 2.36. The van der Waals surface area contributed by atoms with E-state index in [1.54, 1.807) is 6.07 Å². The molecular formula is C10H16ClN3O. The summed E-state index contributed by atoms with van der Waals surface area (Å²) < 4.78 is 5.35. The zero-order chi connectivity index (χ0) is 10.9. The molecule has 0 saturated carbocycles. The van der Waals surface area contributed by atoms with E-state index in [9.17, 15) is 0 Å². The molecule has 0 unspecified atom stereocenters. The Labute approximate surface area is 95.0 Å². The molecule has 1 heterocycles. The third-order valence-electron chi connectivity index (χ3n) is 1.75. The first-order valence-electron chi connectivity index (χ1n) is 5.12. The van der Waals surface area contributed by atoms with Crippen molar-refractivity contribution < 1.29 is 4.74 Å². The Morgan fingerprint density at radius 2 is 2.27 bits per heavy atom. The maximum atomic E-state index is 5.71. The number of hydrogen-bond acceptors (Lipinski definition) is 4. The van der Waals surface area contributed by atoms with Crippen LogP contribution in [-0.2, 0) is 4.74 Å². The van der Waals surface area contributed by atoms with E-state index in [0.29, 0.717) is 5.15 Å². The second-order valence-corrected chi connectivity index (χ2v) is 3.51. The standard InChI is InChI=1S/C10H16ClN3O/c1-2-5-15-6-3-4-12-10-7-9(11)13-8-14-10/h7-8H,2-6H2,1H3,(H,12,13,14). The van der Waals surface area contributed by atoms with Crippen LogP contribution in [0.15, 0.2) is 12.4 Å². The molecule has 84 valence electrons. The first kappa shape index (κ1) is 12.2. The summed E-state index contributed by atoms with van der Waals surface area (Å²) in [7, 11) is 0. The molecule has 1 N–H and O–H groups in total. The molecule has 1 aromatic heterocycles. The van der Waals surface area contributed by atoms with Crippen molar-refractivity contribution in [1.82, 2.24) is 9.97 Å². The Kier molecular flexibility index (Phi) is 6.04. The quantitative estimate of drug-likeness (QED) is 0.576. The number of nitrogens with zero attached hydrogens (tertiary/aromatic N) is 2. The third kappa shape index (κ3) is 5.54. The second-order valence-electron chi connectivity index (χ2n) is 3.12. The van der Waals surface area contributed by atoms with E-state index in [0.717, 1.165) is 38.4 Å². The van der Waals surface area contributed by atoms with Crippen molar-refractivity contribution in [2.75, 3.05) is 25.1 Å². The summed E-state index contributed by atoms with van der Waals surface area (Å²) in [5.41, 5.74) is 0. The highest BCUT2D eigenvalue weighted by molar-refractivity contribution is 6.29. The summed E-state index contributed by atoms with van der Waals surface area (Å²) in [5, 5.41) is 3.60. The van der Waals surface area contributed by atoms with Gasteiger partial charge in [-0.1, -0.05) is 18.5 Å². The van der Waals surface area contributed by atoms with Gasteiger partial charge in [-0.3, -0.25) is 0 Å². The van der Waals surface area contributed by atoms with Crippen LogP contribution in [0.4, 0.5) is 5.82 Å². The first-order chi connectivity index (χ1) is 7.33. The SMILES string of the molecule is CCCOCCCNc1cc(Cl)ncn1. The van der Waals surface area contributed by atoms with Gasteiger partial charge in [0.2, 0.25) is 0 Å². The molecule has 15 heavy (non-hydrogen) atoms. The van der Waals surface area contributed by atoms with E-state index in [1.165, 1.54) is 6.33 Å². The lowest BCUT2D eigenvalue weighted by molar-refractivity contribution is 0.134. The fourth-order valence-electron chi connectivity index (χ4n) is 1.07. The van der Waals surface area contributed by atoms with Crippen molar-refractivity contribution >= 4 is 17.4 Å². The number of nitrogens with one attached hydrogen (secondary N) is 1. The van der Waals surface area contributed by atoms with Crippen LogP contribution in [0.5, 0.6) is 0 Å². The molecule has 0 aromatic carbocycles. The zero-order valence-electron chi connectivity index (χ0n) is 8.87. The molecule has 1 aromatic rings. The highest BCUT2D eigenvalue weighted by Gasteiger charge is 1.95. The molecule has 0 aliphatic rings. The van der Waals surface area contributed by atoms with Gasteiger partial charge in [0, 0.05) is 25.8 Å². The molecule has 0 spiro atoms. The lowest BCUT2D eigenvalue weighted by atomic mass is 10.4. The second kappa shape index (κ2) is 7.43. The number of halogens is 1. The molecule has 5 heteroatoms. The van der Waals surface area contributed by atoms with Gasteiger partial charge in [-0.05, 0) is 12.8 Å². The van der Waals surface area contributed by atoms with Gasteiger partial charge in [-0.15, -0.1) is 0 Å². The molecule has 0 aliphatic carbocycles. The van der Waals surface area contributed by atoms with Crippen molar-refractivity contribution in [2.24, 2.45) is 0 Å². The van der Waals surface area contributed by atoms with Crippen LogP contribution in [0.1, 0.15) is 19.8 Å². The van der Waals surface area contributed by atoms with Crippen molar-refractivity contribution in [3.63, 3.8) is 0 Å². The topological polar surface area (TPSA) is 47.0 Å². The lowest BCUT2D eigenvalue weighted by Crippen LogP contribution is -2.07. The van der Waals surface area contributed by atoms with E-state index in [-0.39, 0.29) is 0 Å². The average Bonchev–Trinajstić information content (AvgIpc) is 2.23. The maximum absolute atomic E-state index is 5.71. The Morgan fingerprint density at radius 1 is 1.40 bits per heavy atom. The van der Waals surface area contributed by atoms with Gasteiger partial charge in [0.05, 0.1) is 0 Å². The van der Waals surface area contributed by atoms with Crippen LogP contribution in [0, 0.1) is 0 Å². The molecule has 4 nitrogen and oxygen atoms in total. The van der Waals surface area contributed by atoms with Crippen LogP contribution >= 0.6 is 11.6 Å². The maximum Gasteiger partial charge on any atom is 0.134 e. The van der Waals surface area contributed by atoms with Crippen LogP contribution in [0.2, 0.25) is 5.15 Å². The molecular weight excluding hydrogens is 214 g/mol. The normalized spacial score (nSPS) is 10.3. The summed E-state index contributed by atoms with van der Waals surface area (Å²) in [6.07, 6.45) is 3.47. The minimum absolute atomic E-state index is 0.453. The monoisotopic (exact) mass is 229 g/mol. The highest BCUT2D eigenvalue weighted by Crippen LogP contribution is 2.07. The molecule has 0 fully saturated rings. The Bertz CT molecular complexity index is 283. The first-order valence-corrected chi connectivity index (χ1v) is 5.50. The van der Waals surface area contributed by atoms with Gasteiger partial charge in [0.1, 0.15) is 17.3 Å². The van der Waals surface area contributed by atoms with Gasteiger partial charge in [0.15, 0.2) is 0 Å². The highest BCUT2D eigenvalue weighted by atomic mass is 35.5. The average molecular weight is 230 g/mol. The molecule has 0 radical (unpaired) electrons. The lowest BCUT2D eigenvalue weighted by Gasteiger charge is -2.05. The number of aromatic nitrogens is 2. The smallest absolute Gasteiger partial charge is 0.134 e. The van der Waals surface area contributed by atoms with Gasteiger partial charge in [-0.25, -0.2) is 9.97 Å². The largest absolute Gasteiger partial charge is 0.381 e. The van der Waals surface area contributed by atoms with Gasteiger partial charge in [-0.2, -0.15) is 0 Å². The number of hydrogen-bond donors (Lipinski definition) is 1. The van der Waals surface area contributed by atoms with Gasteiger partial charge >= 0.3 is 0 Å². The summed E-state index contributed by atoms with van der Waals surface area (Å²) in [5.74, 6) is 0.755. The van der Waals surface area contributed by atoms with Crippen LogP contribution in [0.3, 0.4) is 0 Å². The molecule has 0 aliphatic heterocycles. The number of anilines is 1. The molecule has 0 bridgehead atoms. The van der Waals surface area contributed by atoms with Crippen molar-refractivity contribution in [3.8, 4) is 0 Å². The van der Waals surface area contributed by atoms with E-state index >= 15 is 0 Å². The summed E-state index contributed by atoms with van der Waals surface area (Å²) in [4.78, 5) is 7.82. The Hall–Kier alpha value is -0.870. The van der Waals surface area contributed by atoms with E-state index in [4.69, 9.17) is 16.3 Å². The summed E-state index contributed by atoms with van der Waals surface area (Å²) in [6.45, 7) is 4.54. The zero-order valence-corrected chi connectivity index (χ0v) is 9.63.